The number of benzene rings is 1. The molecule has 7 heteroatoms. The molecule has 0 atom stereocenters. The van der Waals surface area contributed by atoms with Gasteiger partial charge in [0.1, 0.15) is 24.7 Å². The molecule has 1 saturated carbocycles. The topological polar surface area (TPSA) is 76.4 Å². The van der Waals surface area contributed by atoms with Crippen molar-refractivity contribution in [2.24, 2.45) is 12.0 Å². The van der Waals surface area contributed by atoms with E-state index in [9.17, 15) is 0 Å². The number of aryl methyl sites for hydroxylation is 1. The van der Waals surface area contributed by atoms with Crippen molar-refractivity contribution in [3.05, 3.63) is 42.0 Å². The molecule has 1 aromatic heterocycles. The fraction of sp³-hybridized carbons (Fsp3) is 0.550. The van der Waals surface area contributed by atoms with E-state index in [1.807, 2.05) is 48.9 Å². The number of ether oxygens (including phenoxy) is 1. The second kappa shape index (κ2) is 9.94. The molecule has 3 rings (SSSR count). The van der Waals surface area contributed by atoms with E-state index in [1.54, 1.807) is 0 Å². The van der Waals surface area contributed by atoms with E-state index in [-0.39, 0.29) is 0 Å². The number of para-hydroxylation sites is 1. The van der Waals surface area contributed by atoms with E-state index in [1.165, 1.54) is 32.1 Å². The summed E-state index contributed by atoms with van der Waals surface area (Å²) in [4.78, 5) is 4.72. The number of hydrogen-bond donors (Lipinski definition) is 2. The number of aromatic nitrogens is 3. The molecule has 2 aromatic rings. The van der Waals surface area contributed by atoms with Gasteiger partial charge in [-0.25, -0.2) is 4.99 Å². The average Bonchev–Trinajstić information content (AvgIpc) is 3.03. The molecule has 27 heavy (non-hydrogen) atoms. The van der Waals surface area contributed by atoms with Gasteiger partial charge in [-0.1, -0.05) is 37.5 Å². The summed E-state index contributed by atoms with van der Waals surface area (Å²) in [5.41, 5.74) is 0. The standard InChI is InChI=1S/C20H30N6O/c1-16-24-25-19(26(16)2)15-22-20(23-17-9-5-3-6-10-17)21-13-14-27-18-11-7-4-8-12-18/h4,7-8,11-12,17H,3,5-6,9-10,13-15H2,1-2H3,(H2,21,22,23). The Morgan fingerprint density at radius 1 is 1.19 bits per heavy atom. The Bertz CT molecular complexity index is 721. The highest BCUT2D eigenvalue weighted by molar-refractivity contribution is 5.80. The highest BCUT2D eigenvalue weighted by Crippen LogP contribution is 2.17. The van der Waals surface area contributed by atoms with Gasteiger partial charge in [0.2, 0.25) is 0 Å². The van der Waals surface area contributed by atoms with Crippen molar-refractivity contribution >= 4 is 5.96 Å². The molecule has 0 spiro atoms. The van der Waals surface area contributed by atoms with Crippen molar-refractivity contribution in [2.45, 2.75) is 51.6 Å². The molecule has 146 valence electrons. The monoisotopic (exact) mass is 370 g/mol. The lowest BCUT2D eigenvalue weighted by atomic mass is 9.96. The van der Waals surface area contributed by atoms with Gasteiger partial charge in [0.25, 0.3) is 0 Å². The molecular weight excluding hydrogens is 340 g/mol. The van der Waals surface area contributed by atoms with Crippen molar-refractivity contribution in [3.8, 4) is 5.75 Å². The zero-order valence-corrected chi connectivity index (χ0v) is 16.3. The number of nitrogens with zero attached hydrogens (tertiary/aromatic N) is 4. The Kier molecular flexibility index (Phi) is 7.07. The fourth-order valence-corrected chi connectivity index (χ4v) is 3.19. The second-order valence-electron chi connectivity index (χ2n) is 6.95. The third kappa shape index (κ3) is 5.98. The summed E-state index contributed by atoms with van der Waals surface area (Å²) in [5, 5.41) is 15.3. The molecule has 0 amide bonds. The van der Waals surface area contributed by atoms with Crippen molar-refractivity contribution in [1.82, 2.24) is 25.4 Å². The van der Waals surface area contributed by atoms with Gasteiger partial charge < -0.3 is 19.9 Å². The van der Waals surface area contributed by atoms with E-state index >= 15 is 0 Å². The maximum Gasteiger partial charge on any atom is 0.192 e. The second-order valence-corrected chi connectivity index (χ2v) is 6.95. The van der Waals surface area contributed by atoms with Crippen LogP contribution in [-0.4, -0.2) is 39.9 Å². The van der Waals surface area contributed by atoms with E-state index < -0.39 is 0 Å². The Morgan fingerprint density at radius 2 is 1.96 bits per heavy atom. The lowest BCUT2D eigenvalue weighted by Gasteiger charge is -2.25. The highest BCUT2D eigenvalue weighted by Gasteiger charge is 2.15. The van der Waals surface area contributed by atoms with Gasteiger partial charge in [-0.3, -0.25) is 0 Å². The van der Waals surface area contributed by atoms with Gasteiger partial charge >= 0.3 is 0 Å². The first-order valence-corrected chi connectivity index (χ1v) is 9.80. The van der Waals surface area contributed by atoms with Crippen LogP contribution in [0.2, 0.25) is 0 Å². The molecule has 1 fully saturated rings. The van der Waals surface area contributed by atoms with Crippen LogP contribution in [0, 0.1) is 6.92 Å². The molecule has 1 heterocycles. The van der Waals surface area contributed by atoms with Crippen LogP contribution in [0.25, 0.3) is 0 Å². The van der Waals surface area contributed by atoms with Gasteiger partial charge in [-0.2, -0.15) is 0 Å². The molecule has 0 radical (unpaired) electrons. The Labute approximate surface area is 161 Å². The van der Waals surface area contributed by atoms with Gasteiger partial charge in [0.15, 0.2) is 11.8 Å². The molecule has 0 unspecified atom stereocenters. The largest absolute Gasteiger partial charge is 0.492 e. The maximum atomic E-state index is 5.76. The van der Waals surface area contributed by atoms with Gasteiger partial charge in [-0.05, 0) is 31.9 Å². The van der Waals surface area contributed by atoms with E-state index in [0.717, 1.165) is 23.4 Å². The van der Waals surface area contributed by atoms with E-state index in [2.05, 4.69) is 20.8 Å². The summed E-state index contributed by atoms with van der Waals surface area (Å²) in [6.07, 6.45) is 6.30. The zero-order valence-electron chi connectivity index (χ0n) is 16.3. The quantitative estimate of drug-likeness (QED) is 0.445. The molecule has 0 bridgehead atoms. The Morgan fingerprint density at radius 3 is 2.67 bits per heavy atom. The zero-order chi connectivity index (χ0) is 18.9. The molecule has 2 N–H and O–H groups in total. The minimum absolute atomic E-state index is 0.487. The summed E-state index contributed by atoms with van der Waals surface area (Å²) in [6, 6.07) is 10.4. The number of hydrogen-bond acceptors (Lipinski definition) is 4. The van der Waals surface area contributed by atoms with Crippen molar-refractivity contribution < 1.29 is 4.74 Å². The third-order valence-corrected chi connectivity index (χ3v) is 4.91. The molecular formula is C20H30N6O. The predicted molar refractivity (Wildman–Crippen MR) is 107 cm³/mol. The molecule has 7 nitrogen and oxygen atoms in total. The van der Waals surface area contributed by atoms with Crippen molar-refractivity contribution in [3.63, 3.8) is 0 Å². The molecule has 1 aromatic carbocycles. The summed E-state index contributed by atoms with van der Waals surface area (Å²) >= 11 is 0. The Balaban J connectivity index is 1.54. The minimum atomic E-state index is 0.487. The summed E-state index contributed by atoms with van der Waals surface area (Å²) < 4.78 is 7.73. The normalized spacial score (nSPS) is 15.6. The highest BCUT2D eigenvalue weighted by atomic mass is 16.5. The van der Waals surface area contributed by atoms with E-state index in [4.69, 9.17) is 9.73 Å². The predicted octanol–water partition coefficient (Wildman–Crippen LogP) is 2.57. The van der Waals surface area contributed by atoms with Crippen LogP contribution in [-0.2, 0) is 13.6 Å². The maximum absolute atomic E-state index is 5.76. The van der Waals surface area contributed by atoms with Crippen molar-refractivity contribution in [1.29, 1.82) is 0 Å². The van der Waals surface area contributed by atoms with Crippen LogP contribution in [0.3, 0.4) is 0 Å². The molecule has 1 aliphatic rings. The lowest BCUT2D eigenvalue weighted by molar-refractivity contribution is 0.321. The van der Waals surface area contributed by atoms with Gasteiger partial charge in [0.05, 0.1) is 6.54 Å². The minimum Gasteiger partial charge on any atom is -0.492 e. The van der Waals surface area contributed by atoms with Crippen LogP contribution in [0.15, 0.2) is 35.3 Å². The summed E-state index contributed by atoms with van der Waals surface area (Å²) in [5.74, 6) is 3.45. The smallest absolute Gasteiger partial charge is 0.192 e. The summed E-state index contributed by atoms with van der Waals surface area (Å²) in [6.45, 7) is 3.71. The molecule has 0 aliphatic heterocycles. The Hall–Kier alpha value is -2.57. The lowest BCUT2D eigenvalue weighted by Crippen LogP contribution is -2.45. The number of guanidine groups is 1. The van der Waals surface area contributed by atoms with Crippen molar-refractivity contribution in [2.75, 3.05) is 13.2 Å². The SMILES string of the molecule is Cc1nnc(CN=C(NCCOc2ccccc2)NC2CCCCC2)n1C. The third-order valence-electron chi connectivity index (χ3n) is 4.91. The fourth-order valence-electron chi connectivity index (χ4n) is 3.19. The first-order chi connectivity index (χ1) is 13.2. The molecule has 0 saturated heterocycles. The van der Waals surface area contributed by atoms with E-state index in [0.29, 0.717) is 25.7 Å². The first-order valence-electron chi connectivity index (χ1n) is 9.80. The van der Waals surface area contributed by atoms with Gasteiger partial charge in [0, 0.05) is 13.1 Å². The average molecular weight is 371 g/mol. The summed E-state index contributed by atoms with van der Waals surface area (Å²) in [7, 11) is 1.97. The number of aliphatic imine (C=N–C) groups is 1. The van der Waals surface area contributed by atoms with Crippen LogP contribution in [0.1, 0.15) is 43.8 Å². The number of nitrogens with one attached hydrogen (secondary N) is 2. The van der Waals surface area contributed by atoms with Crippen LogP contribution >= 0.6 is 0 Å². The van der Waals surface area contributed by atoms with Crippen LogP contribution in [0.4, 0.5) is 0 Å². The molecule has 1 aliphatic carbocycles. The van der Waals surface area contributed by atoms with Gasteiger partial charge in [-0.15, -0.1) is 10.2 Å². The number of rotatable bonds is 7. The van der Waals surface area contributed by atoms with Crippen LogP contribution in [0.5, 0.6) is 5.75 Å². The van der Waals surface area contributed by atoms with Crippen LogP contribution < -0.4 is 15.4 Å². The first kappa shape index (κ1) is 19.2.